The summed E-state index contributed by atoms with van der Waals surface area (Å²) in [6.07, 6.45) is 0. The monoisotopic (exact) mass is 483 g/mol. The lowest BCUT2D eigenvalue weighted by molar-refractivity contribution is 0.625. The van der Waals surface area contributed by atoms with Crippen molar-refractivity contribution in [2.24, 2.45) is 7.05 Å². The topological polar surface area (TPSA) is 83.0 Å². The lowest BCUT2D eigenvalue weighted by Crippen LogP contribution is -2.28. The molecule has 1 aliphatic rings. The van der Waals surface area contributed by atoms with Crippen LogP contribution in [0.3, 0.4) is 0 Å². The fourth-order valence-electron chi connectivity index (χ4n) is 4.35. The van der Waals surface area contributed by atoms with E-state index < -0.39 is 23.0 Å². The molecule has 34 heavy (non-hydrogen) atoms. The minimum absolute atomic E-state index is 0.127. The second-order valence-corrected chi connectivity index (χ2v) is 8.76. The van der Waals surface area contributed by atoms with Gasteiger partial charge in [-0.2, -0.15) is 0 Å². The smallest absolute Gasteiger partial charge is 0.272 e. The zero-order valence-electron chi connectivity index (χ0n) is 18.3. The van der Waals surface area contributed by atoms with Gasteiger partial charge in [0.15, 0.2) is 0 Å². The summed E-state index contributed by atoms with van der Waals surface area (Å²) in [4.78, 5) is 34.5. The lowest BCUT2D eigenvalue weighted by Gasteiger charge is -2.22. The van der Waals surface area contributed by atoms with E-state index in [1.54, 1.807) is 20.0 Å². The van der Waals surface area contributed by atoms with E-state index in [2.05, 4.69) is 10.3 Å². The van der Waals surface area contributed by atoms with Crippen LogP contribution < -0.4 is 21.3 Å². The highest BCUT2D eigenvalue weighted by molar-refractivity contribution is 6.29. The zero-order chi connectivity index (χ0) is 24.1. The molecule has 174 valence electrons. The van der Waals surface area contributed by atoms with Crippen LogP contribution in [0.4, 0.5) is 20.4 Å². The average Bonchev–Trinajstić information content (AvgIpc) is 3.20. The molecule has 10 heteroatoms. The van der Waals surface area contributed by atoms with Gasteiger partial charge in [0, 0.05) is 25.7 Å². The highest BCUT2D eigenvalue weighted by Gasteiger charge is 2.25. The minimum Gasteiger partial charge on any atom is -0.374 e. The molecule has 0 radical (unpaired) electrons. The molecule has 2 aromatic heterocycles. The molecule has 0 unspecified atom stereocenters. The van der Waals surface area contributed by atoms with Gasteiger partial charge in [-0.25, -0.2) is 13.8 Å². The molecule has 0 fully saturated rings. The molecular weight excluding hydrogens is 464 g/mol. The molecule has 7 nitrogen and oxygen atoms in total. The quantitative estimate of drug-likeness (QED) is 0.424. The van der Waals surface area contributed by atoms with Crippen LogP contribution in [0.5, 0.6) is 0 Å². The number of nitrogens with one attached hydrogen (secondary N) is 2. The predicted octanol–water partition coefficient (Wildman–Crippen LogP) is 4.25. The fraction of sp³-hybridized carbons (Fsp3) is 0.208. The van der Waals surface area contributed by atoms with Crippen molar-refractivity contribution in [2.75, 3.05) is 10.2 Å². The van der Waals surface area contributed by atoms with Gasteiger partial charge in [-0.1, -0.05) is 17.7 Å². The normalized spacial score (nSPS) is 13.9. The molecule has 0 amide bonds. The van der Waals surface area contributed by atoms with Gasteiger partial charge in [0.25, 0.3) is 11.1 Å². The third kappa shape index (κ3) is 3.81. The lowest BCUT2D eigenvalue weighted by atomic mass is 10.0. The second kappa shape index (κ2) is 8.25. The zero-order valence-corrected chi connectivity index (χ0v) is 19.1. The third-order valence-corrected chi connectivity index (χ3v) is 6.26. The van der Waals surface area contributed by atoms with Crippen molar-refractivity contribution in [1.82, 2.24) is 14.5 Å². The number of hydrogen-bond donors (Lipinski definition) is 2. The van der Waals surface area contributed by atoms with E-state index in [-0.39, 0.29) is 22.0 Å². The van der Waals surface area contributed by atoms with Gasteiger partial charge < -0.3 is 15.2 Å². The molecule has 3 heterocycles. The highest BCUT2D eigenvalue weighted by atomic mass is 35.5. The summed E-state index contributed by atoms with van der Waals surface area (Å²) in [6, 6.07) is 9.56. The van der Waals surface area contributed by atoms with E-state index in [1.807, 2.05) is 4.90 Å². The third-order valence-electron chi connectivity index (χ3n) is 6.04. The number of aromatic amines is 1. The van der Waals surface area contributed by atoms with Gasteiger partial charge in [0.1, 0.15) is 22.5 Å². The van der Waals surface area contributed by atoms with Gasteiger partial charge in [-0.3, -0.25) is 14.2 Å². The van der Waals surface area contributed by atoms with Crippen LogP contribution in [0.2, 0.25) is 5.15 Å². The van der Waals surface area contributed by atoms with Gasteiger partial charge >= 0.3 is 0 Å². The van der Waals surface area contributed by atoms with Crippen LogP contribution in [-0.2, 0) is 20.1 Å². The van der Waals surface area contributed by atoms with E-state index in [0.717, 1.165) is 17.2 Å². The summed E-state index contributed by atoms with van der Waals surface area (Å²) in [5, 5.41) is 3.37. The Kier molecular flexibility index (Phi) is 5.36. The number of pyridine rings is 1. The van der Waals surface area contributed by atoms with Crippen molar-refractivity contribution in [3.8, 4) is 0 Å². The standard InChI is InChI=1S/C24H20ClF2N5O2/c1-12(28-19-5-6-20(25)29-22(19)33)17-8-16(27)9-18-21(17)30-24(31(2)23(18)34)32-10-13-3-4-15(26)7-14(13)11-32/h3-9,12,28H,10-11H2,1-2H3,(H,29,33)/t12-/m1/s1. The summed E-state index contributed by atoms with van der Waals surface area (Å²) in [5.74, 6) is -0.522. The Bertz CT molecular complexity index is 1570. The number of anilines is 2. The number of nitrogens with zero attached hydrogens (tertiary/aromatic N) is 3. The molecule has 0 saturated carbocycles. The van der Waals surface area contributed by atoms with Crippen LogP contribution in [0.1, 0.15) is 29.7 Å². The average molecular weight is 484 g/mol. The van der Waals surface area contributed by atoms with Crippen LogP contribution in [0.25, 0.3) is 10.9 Å². The van der Waals surface area contributed by atoms with Gasteiger partial charge in [-0.05, 0) is 54.4 Å². The molecule has 2 N–H and O–H groups in total. The molecule has 0 aliphatic carbocycles. The van der Waals surface area contributed by atoms with E-state index in [0.29, 0.717) is 30.1 Å². The first-order valence-electron chi connectivity index (χ1n) is 10.6. The van der Waals surface area contributed by atoms with Crippen molar-refractivity contribution >= 4 is 34.1 Å². The number of fused-ring (bicyclic) bond motifs is 2. The first kappa shape index (κ1) is 22.1. The SMILES string of the molecule is C[C@@H](Nc1ccc(Cl)[nH]c1=O)c1cc(F)cc2c(=O)n(C)c(N3Cc4ccc(F)cc4C3)nc12. The summed E-state index contributed by atoms with van der Waals surface area (Å²) in [7, 11) is 1.58. The van der Waals surface area contributed by atoms with Gasteiger partial charge in [0.05, 0.1) is 16.9 Å². The number of halogens is 3. The van der Waals surface area contributed by atoms with Crippen LogP contribution in [0, 0.1) is 11.6 Å². The van der Waals surface area contributed by atoms with Crippen molar-refractivity contribution in [1.29, 1.82) is 0 Å². The number of rotatable bonds is 4. The van der Waals surface area contributed by atoms with Gasteiger partial charge in [0.2, 0.25) is 5.95 Å². The Morgan fingerprint density at radius 1 is 1.06 bits per heavy atom. The van der Waals surface area contributed by atoms with Crippen LogP contribution in [0.15, 0.2) is 52.1 Å². The fourth-order valence-corrected chi connectivity index (χ4v) is 4.50. The van der Waals surface area contributed by atoms with E-state index >= 15 is 0 Å². The Balaban J connectivity index is 1.60. The maximum atomic E-state index is 14.5. The summed E-state index contributed by atoms with van der Waals surface area (Å²) < 4.78 is 29.6. The summed E-state index contributed by atoms with van der Waals surface area (Å²) in [5.41, 5.74) is 1.94. The number of hydrogen-bond acceptors (Lipinski definition) is 5. The molecule has 1 aliphatic heterocycles. The summed E-state index contributed by atoms with van der Waals surface area (Å²) >= 11 is 5.82. The molecule has 4 aromatic rings. The van der Waals surface area contributed by atoms with Crippen molar-refractivity contribution < 1.29 is 8.78 Å². The maximum absolute atomic E-state index is 14.5. The molecule has 0 spiro atoms. The molecular formula is C24H20ClF2N5O2. The number of H-pyrrole nitrogens is 1. The molecule has 0 bridgehead atoms. The molecule has 2 aromatic carbocycles. The predicted molar refractivity (Wildman–Crippen MR) is 127 cm³/mol. The first-order chi connectivity index (χ1) is 16.2. The van der Waals surface area contributed by atoms with E-state index in [9.17, 15) is 18.4 Å². The largest absolute Gasteiger partial charge is 0.374 e. The molecule has 0 saturated heterocycles. The first-order valence-corrected chi connectivity index (χ1v) is 11.0. The Hall–Kier alpha value is -3.72. The number of aromatic nitrogens is 3. The van der Waals surface area contributed by atoms with Crippen molar-refractivity contribution in [2.45, 2.75) is 26.1 Å². The van der Waals surface area contributed by atoms with Crippen molar-refractivity contribution in [3.05, 3.63) is 96.7 Å². The number of benzene rings is 2. The van der Waals surface area contributed by atoms with Crippen molar-refractivity contribution in [3.63, 3.8) is 0 Å². The van der Waals surface area contributed by atoms with Crippen LogP contribution >= 0.6 is 11.6 Å². The van der Waals surface area contributed by atoms with E-state index in [1.165, 1.54) is 34.9 Å². The van der Waals surface area contributed by atoms with E-state index in [4.69, 9.17) is 16.6 Å². The molecule has 5 rings (SSSR count). The molecule has 1 atom stereocenters. The highest BCUT2D eigenvalue weighted by Crippen LogP contribution is 2.30. The summed E-state index contributed by atoms with van der Waals surface area (Å²) in [6.45, 7) is 2.60. The Labute approximate surface area is 197 Å². The van der Waals surface area contributed by atoms with Gasteiger partial charge in [-0.15, -0.1) is 0 Å². The van der Waals surface area contributed by atoms with Crippen LogP contribution in [-0.4, -0.2) is 14.5 Å². The maximum Gasteiger partial charge on any atom is 0.272 e. The second-order valence-electron chi connectivity index (χ2n) is 8.35. The Morgan fingerprint density at radius 3 is 2.59 bits per heavy atom. The Morgan fingerprint density at radius 2 is 1.82 bits per heavy atom. The minimum atomic E-state index is -0.586.